The molecule has 5 nitrogen and oxygen atoms in total. The highest BCUT2D eigenvalue weighted by molar-refractivity contribution is 14.0. The molecule has 0 unspecified atom stereocenters. The molecule has 0 aliphatic carbocycles. The van der Waals surface area contributed by atoms with Gasteiger partial charge in [0.2, 0.25) is 0 Å². The maximum Gasteiger partial charge on any atom is 0.191 e. The Morgan fingerprint density at radius 3 is 2.59 bits per heavy atom. The van der Waals surface area contributed by atoms with Gasteiger partial charge in [0, 0.05) is 18.5 Å². The van der Waals surface area contributed by atoms with Gasteiger partial charge in [-0.2, -0.15) is 0 Å². The Balaban J connectivity index is 0.00000242. The second-order valence-electron chi connectivity index (χ2n) is 5.50. The smallest absolute Gasteiger partial charge is 0.191 e. The monoisotopic (exact) mass is 437 g/mol. The van der Waals surface area contributed by atoms with Crippen molar-refractivity contribution in [1.29, 1.82) is 0 Å². The zero-order valence-corrected chi connectivity index (χ0v) is 17.0. The van der Waals surface area contributed by atoms with Gasteiger partial charge in [-0.1, -0.05) is 0 Å². The molecule has 0 bridgehead atoms. The van der Waals surface area contributed by atoms with Gasteiger partial charge in [-0.05, 0) is 52.7 Å². The van der Waals surface area contributed by atoms with Crippen LogP contribution in [0.25, 0.3) is 0 Å². The molecule has 22 heavy (non-hydrogen) atoms. The summed E-state index contributed by atoms with van der Waals surface area (Å²) >= 11 is 1.75. The van der Waals surface area contributed by atoms with E-state index in [4.69, 9.17) is 0 Å². The predicted octanol–water partition coefficient (Wildman–Crippen LogP) is 2.53. The van der Waals surface area contributed by atoms with Crippen molar-refractivity contribution in [3.8, 4) is 0 Å². The second-order valence-corrected chi connectivity index (χ2v) is 6.79. The predicted molar refractivity (Wildman–Crippen MR) is 105 cm³/mol. The lowest BCUT2D eigenvalue weighted by molar-refractivity contribution is 0.334. The molecule has 126 valence electrons. The zero-order valence-electron chi connectivity index (χ0n) is 13.8. The van der Waals surface area contributed by atoms with Crippen LogP contribution in [0.5, 0.6) is 0 Å². The Morgan fingerprint density at radius 1 is 1.27 bits per heavy atom. The van der Waals surface area contributed by atoms with E-state index in [9.17, 15) is 0 Å². The van der Waals surface area contributed by atoms with Crippen molar-refractivity contribution in [3.05, 3.63) is 15.6 Å². The average molecular weight is 437 g/mol. The van der Waals surface area contributed by atoms with E-state index in [1.165, 1.54) is 37.4 Å². The zero-order chi connectivity index (χ0) is 15.1. The Kier molecular flexibility index (Phi) is 9.27. The lowest BCUT2D eigenvalue weighted by Gasteiger charge is -2.15. The van der Waals surface area contributed by atoms with Crippen LogP contribution in [0.2, 0.25) is 0 Å². The summed E-state index contributed by atoms with van der Waals surface area (Å²) in [5.41, 5.74) is 1.13. The van der Waals surface area contributed by atoms with Gasteiger partial charge in [-0.3, -0.25) is 4.99 Å². The summed E-state index contributed by atoms with van der Waals surface area (Å²) in [7, 11) is 1.81. The summed E-state index contributed by atoms with van der Waals surface area (Å²) in [5, 5.41) is 7.82. The summed E-state index contributed by atoms with van der Waals surface area (Å²) in [6.45, 7) is 9.61. The summed E-state index contributed by atoms with van der Waals surface area (Å²) in [6.07, 6.45) is 3.89. The largest absolute Gasteiger partial charge is 0.356 e. The van der Waals surface area contributed by atoms with Crippen LogP contribution in [0.4, 0.5) is 0 Å². The van der Waals surface area contributed by atoms with Crippen molar-refractivity contribution in [2.75, 3.05) is 33.2 Å². The fourth-order valence-corrected chi connectivity index (χ4v) is 3.38. The summed E-state index contributed by atoms with van der Waals surface area (Å²) < 4.78 is 0. The standard InChI is InChI=1S/C15H27N5S.HI/c1-12-13(2)21-14(19-12)11-18-15(16-3)17-7-6-10-20-8-4-5-9-20;/h4-11H2,1-3H3,(H2,16,17,18);1H. The molecular formula is C15H28IN5S. The fourth-order valence-electron chi connectivity index (χ4n) is 2.51. The van der Waals surface area contributed by atoms with Crippen molar-refractivity contribution in [2.24, 2.45) is 4.99 Å². The molecule has 1 aromatic heterocycles. The molecule has 1 aliphatic heterocycles. The number of nitrogens with zero attached hydrogens (tertiary/aromatic N) is 3. The van der Waals surface area contributed by atoms with Crippen molar-refractivity contribution in [2.45, 2.75) is 39.7 Å². The third-order valence-electron chi connectivity index (χ3n) is 3.85. The molecule has 0 radical (unpaired) electrons. The van der Waals surface area contributed by atoms with Gasteiger partial charge in [0.1, 0.15) is 5.01 Å². The molecule has 0 saturated carbocycles. The normalized spacial score (nSPS) is 15.7. The first kappa shape index (κ1) is 19.6. The summed E-state index contributed by atoms with van der Waals surface area (Å²) in [6, 6.07) is 0. The first-order valence-electron chi connectivity index (χ1n) is 7.79. The van der Waals surface area contributed by atoms with Crippen LogP contribution < -0.4 is 10.6 Å². The van der Waals surface area contributed by atoms with E-state index in [1.807, 2.05) is 7.05 Å². The molecule has 0 amide bonds. The van der Waals surface area contributed by atoms with Gasteiger partial charge in [-0.25, -0.2) is 4.98 Å². The fraction of sp³-hybridized carbons (Fsp3) is 0.733. The number of nitrogens with one attached hydrogen (secondary N) is 2. The highest BCUT2D eigenvalue weighted by Gasteiger charge is 2.10. The molecule has 2 heterocycles. The van der Waals surface area contributed by atoms with Gasteiger partial charge in [0.15, 0.2) is 5.96 Å². The SMILES string of the molecule is CN=C(NCCCN1CCCC1)NCc1nc(C)c(C)s1.I. The quantitative estimate of drug-likeness (QED) is 0.311. The van der Waals surface area contributed by atoms with Crippen LogP contribution in [-0.2, 0) is 6.54 Å². The molecule has 1 saturated heterocycles. The van der Waals surface area contributed by atoms with Crippen LogP contribution in [-0.4, -0.2) is 49.1 Å². The molecule has 0 spiro atoms. The van der Waals surface area contributed by atoms with E-state index in [0.717, 1.165) is 36.2 Å². The van der Waals surface area contributed by atoms with Crippen molar-refractivity contribution in [3.63, 3.8) is 0 Å². The number of halogens is 1. The highest BCUT2D eigenvalue weighted by atomic mass is 127. The molecule has 1 aliphatic rings. The van der Waals surface area contributed by atoms with E-state index in [0.29, 0.717) is 0 Å². The molecule has 2 rings (SSSR count). The third-order valence-corrected chi connectivity index (χ3v) is 4.92. The third kappa shape index (κ3) is 6.37. The highest BCUT2D eigenvalue weighted by Crippen LogP contribution is 2.15. The van der Waals surface area contributed by atoms with E-state index in [1.54, 1.807) is 11.3 Å². The summed E-state index contributed by atoms with van der Waals surface area (Å²) in [4.78, 5) is 12.6. The van der Waals surface area contributed by atoms with E-state index < -0.39 is 0 Å². The molecule has 7 heteroatoms. The van der Waals surface area contributed by atoms with E-state index in [-0.39, 0.29) is 24.0 Å². The number of hydrogen-bond acceptors (Lipinski definition) is 4. The number of likely N-dealkylation sites (tertiary alicyclic amines) is 1. The van der Waals surface area contributed by atoms with Crippen LogP contribution in [0.15, 0.2) is 4.99 Å². The van der Waals surface area contributed by atoms with Crippen LogP contribution in [0.1, 0.15) is 34.8 Å². The maximum atomic E-state index is 4.53. The van der Waals surface area contributed by atoms with Gasteiger partial charge in [0.25, 0.3) is 0 Å². The average Bonchev–Trinajstić information content (AvgIpc) is 3.09. The Bertz CT molecular complexity index is 449. The van der Waals surface area contributed by atoms with Crippen LogP contribution >= 0.6 is 35.3 Å². The second kappa shape index (κ2) is 10.4. The number of aryl methyl sites for hydroxylation is 2. The Hall–Kier alpha value is -0.410. The Labute approximate surface area is 155 Å². The number of aliphatic imine (C=N–C) groups is 1. The van der Waals surface area contributed by atoms with Gasteiger partial charge in [-0.15, -0.1) is 35.3 Å². The minimum Gasteiger partial charge on any atom is -0.356 e. The number of guanidine groups is 1. The first-order chi connectivity index (χ1) is 10.2. The molecule has 0 atom stereocenters. The minimum atomic E-state index is 0. The minimum absolute atomic E-state index is 0. The number of aromatic nitrogens is 1. The van der Waals surface area contributed by atoms with Crippen molar-refractivity contribution >= 4 is 41.3 Å². The summed E-state index contributed by atoms with van der Waals surface area (Å²) in [5.74, 6) is 0.863. The maximum absolute atomic E-state index is 4.53. The van der Waals surface area contributed by atoms with E-state index in [2.05, 4.69) is 39.4 Å². The topological polar surface area (TPSA) is 52.6 Å². The molecule has 2 N–H and O–H groups in total. The van der Waals surface area contributed by atoms with Crippen molar-refractivity contribution in [1.82, 2.24) is 20.5 Å². The number of rotatable bonds is 6. The molecular weight excluding hydrogens is 409 g/mol. The molecule has 1 fully saturated rings. The molecule has 0 aromatic carbocycles. The van der Waals surface area contributed by atoms with Gasteiger partial charge >= 0.3 is 0 Å². The lowest BCUT2D eigenvalue weighted by atomic mass is 10.4. The first-order valence-corrected chi connectivity index (χ1v) is 8.60. The van der Waals surface area contributed by atoms with Crippen molar-refractivity contribution < 1.29 is 0 Å². The van der Waals surface area contributed by atoms with Gasteiger partial charge < -0.3 is 15.5 Å². The Morgan fingerprint density at radius 2 is 2.00 bits per heavy atom. The lowest BCUT2D eigenvalue weighted by Crippen LogP contribution is -2.38. The molecule has 1 aromatic rings. The number of thiazole rings is 1. The van der Waals surface area contributed by atoms with Crippen LogP contribution in [0, 0.1) is 13.8 Å². The van der Waals surface area contributed by atoms with Gasteiger partial charge in [0.05, 0.1) is 12.2 Å². The number of hydrogen-bond donors (Lipinski definition) is 2. The van der Waals surface area contributed by atoms with E-state index >= 15 is 0 Å². The van der Waals surface area contributed by atoms with Crippen LogP contribution in [0.3, 0.4) is 0 Å².